The molecule has 0 saturated carbocycles. The molecule has 0 aliphatic carbocycles. The van der Waals surface area contributed by atoms with Gasteiger partial charge >= 0.3 is 0 Å². The summed E-state index contributed by atoms with van der Waals surface area (Å²) in [5.41, 5.74) is 1.35. The van der Waals surface area contributed by atoms with Crippen molar-refractivity contribution in [2.45, 2.75) is 11.8 Å². The Balaban J connectivity index is 1.83. The molecule has 1 heterocycles. The number of nitrogens with one attached hydrogen (secondary N) is 2. The molecule has 0 spiro atoms. The van der Waals surface area contributed by atoms with Gasteiger partial charge in [0.2, 0.25) is 10.0 Å². The lowest BCUT2D eigenvalue weighted by Crippen LogP contribution is -2.46. The summed E-state index contributed by atoms with van der Waals surface area (Å²) < 4.78 is 26.9. The van der Waals surface area contributed by atoms with Crippen molar-refractivity contribution in [3.8, 4) is 5.75 Å². The van der Waals surface area contributed by atoms with Crippen LogP contribution in [0.2, 0.25) is 0 Å². The highest BCUT2D eigenvalue weighted by atomic mass is 32.2. The standard InChI is InChI=1S/C18H21N3O4S/c1-13-5-6-16(17(22)11-13)20-18(23)14-3-2-4-15(12-14)26(24,25)21-9-7-19-8-10-21/h2-6,11-12,19,22H,7-10H2,1H3,(H,20,23). The fraction of sp³-hybridized carbons (Fsp3) is 0.278. The molecule has 1 fully saturated rings. The van der Waals surface area contributed by atoms with E-state index in [1.165, 1.54) is 22.5 Å². The number of rotatable bonds is 4. The van der Waals surface area contributed by atoms with E-state index in [2.05, 4.69) is 10.6 Å². The van der Waals surface area contributed by atoms with Crippen molar-refractivity contribution in [1.29, 1.82) is 0 Å². The van der Waals surface area contributed by atoms with Crippen molar-refractivity contribution >= 4 is 21.6 Å². The molecular formula is C18H21N3O4S. The van der Waals surface area contributed by atoms with Crippen LogP contribution >= 0.6 is 0 Å². The van der Waals surface area contributed by atoms with Crippen LogP contribution in [-0.2, 0) is 10.0 Å². The Morgan fingerprint density at radius 2 is 1.88 bits per heavy atom. The van der Waals surface area contributed by atoms with Crippen molar-refractivity contribution in [2.75, 3.05) is 31.5 Å². The molecule has 1 aliphatic heterocycles. The Morgan fingerprint density at radius 3 is 2.58 bits per heavy atom. The van der Waals surface area contributed by atoms with Gasteiger partial charge in [0.05, 0.1) is 10.6 Å². The molecule has 1 saturated heterocycles. The predicted octanol–water partition coefficient (Wildman–Crippen LogP) is 1.55. The lowest BCUT2D eigenvalue weighted by molar-refractivity contribution is 0.102. The van der Waals surface area contributed by atoms with E-state index in [0.29, 0.717) is 26.2 Å². The largest absolute Gasteiger partial charge is 0.506 e. The Labute approximate surface area is 152 Å². The zero-order chi connectivity index (χ0) is 18.7. The fourth-order valence-corrected chi connectivity index (χ4v) is 4.26. The number of carbonyl (C=O) groups is 1. The highest BCUT2D eigenvalue weighted by Crippen LogP contribution is 2.25. The number of phenolic OH excluding ortho intramolecular Hbond substituents is 1. The van der Waals surface area contributed by atoms with Gasteiger partial charge in [0, 0.05) is 31.7 Å². The summed E-state index contributed by atoms with van der Waals surface area (Å²) in [5.74, 6) is -0.524. The third-order valence-corrected chi connectivity index (χ3v) is 6.11. The van der Waals surface area contributed by atoms with E-state index in [1.807, 2.05) is 6.92 Å². The van der Waals surface area contributed by atoms with Crippen LogP contribution in [0.1, 0.15) is 15.9 Å². The number of anilines is 1. The number of hydrogen-bond acceptors (Lipinski definition) is 5. The fourth-order valence-electron chi connectivity index (χ4n) is 2.77. The minimum atomic E-state index is -3.64. The number of hydrogen-bond donors (Lipinski definition) is 3. The number of aromatic hydroxyl groups is 1. The van der Waals surface area contributed by atoms with Gasteiger partial charge in [-0.3, -0.25) is 4.79 Å². The maximum atomic E-state index is 12.7. The third-order valence-electron chi connectivity index (χ3n) is 4.21. The lowest BCUT2D eigenvalue weighted by atomic mass is 10.2. The number of benzene rings is 2. The van der Waals surface area contributed by atoms with E-state index in [-0.39, 0.29) is 21.9 Å². The first-order valence-electron chi connectivity index (χ1n) is 8.30. The Morgan fingerprint density at radius 1 is 1.15 bits per heavy atom. The first-order valence-corrected chi connectivity index (χ1v) is 9.74. The molecule has 8 heteroatoms. The van der Waals surface area contributed by atoms with Crippen LogP contribution in [0.4, 0.5) is 5.69 Å². The van der Waals surface area contributed by atoms with Crippen molar-refractivity contribution in [3.05, 3.63) is 53.6 Å². The minimum Gasteiger partial charge on any atom is -0.506 e. The van der Waals surface area contributed by atoms with E-state index in [0.717, 1.165) is 5.56 Å². The predicted molar refractivity (Wildman–Crippen MR) is 98.9 cm³/mol. The molecule has 0 aromatic heterocycles. The summed E-state index contributed by atoms with van der Waals surface area (Å²) in [7, 11) is -3.64. The maximum Gasteiger partial charge on any atom is 0.255 e. The first-order chi connectivity index (χ1) is 12.4. The van der Waals surface area contributed by atoms with Crippen molar-refractivity contribution < 1.29 is 18.3 Å². The second-order valence-corrected chi connectivity index (χ2v) is 8.09. The molecule has 2 aromatic rings. The molecule has 3 N–H and O–H groups in total. The summed E-state index contributed by atoms with van der Waals surface area (Å²) in [6.45, 7) is 3.83. The molecular weight excluding hydrogens is 354 g/mol. The number of phenols is 1. The van der Waals surface area contributed by atoms with Gasteiger partial charge in [0.1, 0.15) is 5.75 Å². The number of sulfonamides is 1. The summed E-state index contributed by atoms with van der Waals surface area (Å²) in [6.07, 6.45) is 0. The molecule has 1 aliphatic rings. The van der Waals surface area contributed by atoms with Crippen LogP contribution in [0.3, 0.4) is 0 Å². The van der Waals surface area contributed by atoms with Crippen molar-refractivity contribution in [1.82, 2.24) is 9.62 Å². The van der Waals surface area contributed by atoms with Gasteiger partial charge in [-0.15, -0.1) is 0 Å². The van der Waals surface area contributed by atoms with Gasteiger partial charge in [0.25, 0.3) is 5.91 Å². The lowest BCUT2D eigenvalue weighted by Gasteiger charge is -2.26. The van der Waals surface area contributed by atoms with Crippen LogP contribution in [0, 0.1) is 6.92 Å². The van der Waals surface area contributed by atoms with Crippen LogP contribution < -0.4 is 10.6 Å². The minimum absolute atomic E-state index is 0.0389. The number of amides is 1. The van der Waals surface area contributed by atoms with Gasteiger partial charge < -0.3 is 15.7 Å². The molecule has 138 valence electrons. The van der Waals surface area contributed by atoms with Gasteiger partial charge in [0.15, 0.2) is 0 Å². The molecule has 26 heavy (non-hydrogen) atoms. The molecule has 7 nitrogen and oxygen atoms in total. The Kier molecular flexibility index (Phi) is 5.26. The van der Waals surface area contributed by atoms with Crippen LogP contribution in [0.25, 0.3) is 0 Å². The topological polar surface area (TPSA) is 98.7 Å². The summed E-state index contributed by atoms with van der Waals surface area (Å²) in [5, 5.41) is 15.6. The average Bonchev–Trinajstić information content (AvgIpc) is 2.65. The van der Waals surface area contributed by atoms with Crippen LogP contribution in [0.5, 0.6) is 5.75 Å². The zero-order valence-electron chi connectivity index (χ0n) is 14.4. The molecule has 0 bridgehead atoms. The second-order valence-electron chi connectivity index (χ2n) is 6.16. The summed E-state index contributed by atoms with van der Waals surface area (Å²) in [6, 6.07) is 10.8. The first kappa shape index (κ1) is 18.4. The number of carbonyl (C=O) groups excluding carboxylic acids is 1. The summed E-state index contributed by atoms with van der Waals surface area (Å²) in [4.78, 5) is 12.5. The van der Waals surface area contributed by atoms with E-state index in [4.69, 9.17) is 0 Å². The van der Waals surface area contributed by atoms with Crippen LogP contribution in [0.15, 0.2) is 47.4 Å². The molecule has 0 radical (unpaired) electrons. The highest BCUT2D eigenvalue weighted by molar-refractivity contribution is 7.89. The van der Waals surface area contributed by atoms with E-state index in [9.17, 15) is 18.3 Å². The second kappa shape index (κ2) is 7.45. The van der Waals surface area contributed by atoms with E-state index < -0.39 is 15.9 Å². The maximum absolute atomic E-state index is 12.7. The molecule has 0 unspecified atom stereocenters. The van der Waals surface area contributed by atoms with Gasteiger partial charge in [-0.25, -0.2) is 8.42 Å². The quantitative estimate of drug-likeness (QED) is 0.704. The van der Waals surface area contributed by atoms with Crippen LogP contribution in [-0.4, -0.2) is 49.9 Å². The molecule has 1 amide bonds. The van der Waals surface area contributed by atoms with Gasteiger partial charge in [-0.1, -0.05) is 12.1 Å². The van der Waals surface area contributed by atoms with Gasteiger partial charge in [-0.05, 0) is 42.8 Å². The SMILES string of the molecule is Cc1ccc(NC(=O)c2cccc(S(=O)(=O)N3CCNCC3)c2)c(O)c1. The molecule has 2 aromatic carbocycles. The van der Waals surface area contributed by atoms with Crippen molar-refractivity contribution in [3.63, 3.8) is 0 Å². The molecule has 3 rings (SSSR count). The number of piperazine rings is 1. The molecule has 0 atom stereocenters. The average molecular weight is 375 g/mol. The number of nitrogens with zero attached hydrogens (tertiary/aromatic N) is 1. The Bertz CT molecular complexity index is 922. The Hall–Kier alpha value is -2.42. The summed E-state index contributed by atoms with van der Waals surface area (Å²) >= 11 is 0. The van der Waals surface area contributed by atoms with E-state index >= 15 is 0 Å². The monoisotopic (exact) mass is 375 g/mol. The normalized spacial score (nSPS) is 15.6. The zero-order valence-corrected chi connectivity index (χ0v) is 15.2. The van der Waals surface area contributed by atoms with Gasteiger partial charge in [-0.2, -0.15) is 4.31 Å². The smallest absolute Gasteiger partial charge is 0.255 e. The van der Waals surface area contributed by atoms with E-state index in [1.54, 1.807) is 24.3 Å². The van der Waals surface area contributed by atoms with Crippen molar-refractivity contribution in [2.24, 2.45) is 0 Å². The third kappa shape index (κ3) is 3.87. The number of aryl methyl sites for hydroxylation is 1. The highest BCUT2D eigenvalue weighted by Gasteiger charge is 2.26.